The van der Waals surface area contributed by atoms with E-state index in [9.17, 15) is 4.39 Å². The largest absolute Gasteiger partial charge is 0.495 e. The highest BCUT2D eigenvalue weighted by Crippen LogP contribution is 2.41. The minimum absolute atomic E-state index is 0.329. The van der Waals surface area contributed by atoms with Gasteiger partial charge in [0.1, 0.15) is 11.6 Å². The van der Waals surface area contributed by atoms with Crippen LogP contribution in [-0.2, 0) is 0 Å². The molecule has 6 heteroatoms. The second kappa shape index (κ2) is 6.65. The van der Waals surface area contributed by atoms with Crippen LogP contribution in [0.2, 0.25) is 10.0 Å². The van der Waals surface area contributed by atoms with Crippen molar-refractivity contribution < 1.29 is 9.13 Å². The molecule has 2 rings (SSSR count). The van der Waals surface area contributed by atoms with Crippen LogP contribution in [0.5, 0.6) is 5.75 Å². The molecule has 2 aromatic carbocycles. The van der Waals surface area contributed by atoms with Crippen LogP contribution in [0.15, 0.2) is 34.8 Å². The lowest BCUT2D eigenvalue weighted by Gasteiger charge is -2.15. The number of halogens is 5. The third kappa shape index (κ3) is 3.30. The lowest BCUT2D eigenvalue weighted by molar-refractivity contribution is 0.415. The monoisotopic (exact) mass is 440 g/mol. The van der Waals surface area contributed by atoms with Gasteiger partial charge in [-0.05, 0) is 23.8 Å². The number of hydrogen-bond acceptors (Lipinski definition) is 1. The molecule has 20 heavy (non-hydrogen) atoms. The highest BCUT2D eigenvalue weighted by Gasteiger charge is 2.19. The fraction of sp³-hybridized carbons (Fsp3) is 0.143. The van der Waals surface area contributed by atoms with Gasteiger partial charge in [0.2, 0.25) is 0 Å². The van der Waals surface area contributed by atoms with Crippen LogP contribution in [0.1, 0.15) is 16.0 Å². The molecule has 0 fully saturated rings. The van der Waals surface area contributed by atoms with Gasteiger partial charge >= 0.3 is 0 Å². The molecule has 1 unspecified atom stereocenters. The van der Waals surface area contributed by atoms with Crippen molar-refractivity contribution >= 4 is 55.1 Å². The number of alkyl halides is 1. The Bertz CT molecular complexity index is 649. The lowest BCUT2D eigenvalue weighted by atomic mass is 10.0. The number of hydrogen-bond donors (Lipinski definition) is 0. The van der Waals surface area contributed by atoms with Gasteiger partial charge in [-0.15, -0.1) is 0 Å². The van der Waals surface area contributed by atoms with Gasteiger partial charge in [-0.25, -0.2) is 4.39 Å². The summed E-state index contributed by atoms with van der Waals surface area (Å²) in [4.78, 5) is -0.397. The Morgan fingerprint density at radius 2 is 1.80 bits per heavy atom. The van der Waals surface area contributed by atoms with Gasteiger partial charge in [-0.2, -0.15) is 0 Å². The highest BCUT2D eigenvalue weighted by atomic mass is 79.9. The van der Waals surface area contributed by atoms with Crippen LogP contribution in [0.4, 0.5) is 4.39 Å². The molecule has 0 aliphatic rings. The Labute approximate surface area is 143 Å². The average Bonchev–Trinajstić information content (AvgIpc) is 2.40. The molecule has 0 aliphatic heterocycles. The predicted octanol–water partition coefficient (Wildman–Crippen LogP) is 6.39. The van der Waals surface area contributed by atoms with E-state index in [-0.39, 0.29) is 5.82 Å². The first-order valence-electron chi connectivity index (χ1n) is 5.56. The fourth-order valence-electron chi connectivity index (χ4n) is 1.77. The van der Waals surface area contributed by atoms with Crippen LogP contribution in [0.3, 0.4) is 0 Å². The summed E-state index contributed by atoms with van der Waals surface area (Å²) in [5, 5.41) is 0.879. The van der Waals surface area contributed by atoms with Crippen molar-refractivity contribution in [3.8, 4) is 5.75 Å². The SMILES string of the molecule is COc1cc(Cl)c(C(Br)c2ccc(Br)cc2F)cc1Cl. The first-order chi connectivity index (χ1) is 9.43. The van der Waals surface area contributed by atoms with Crippen LogP contribution in [0, 0.1) is 5.82 Å². The van der Waals surface area contributed by atoms with Crippen LogP contribution < -0.4 is 4.74 Å². The Hall–Kier alpha value is -0.290. The quantitative estimate of drug-likeness (QED) is 0.500. The van der Waals surface area contributed by atoms with Gasteiger partial charge in [0.05, 0.1) is 17.0 Å². The maximum atomic E-state index is 14.0. The lowest BCUT2D eigenvalue weighted by Crippen LogP contribution is -1.98. The molecule has 0 radical (unpaired) electrons. The summed E-state index contributed by atoms with van der Waals surface area (Å²) in [7, 11) is 1.51. The Balaban J connectivity index is 2.48. The van der Waals surface area contributed by atoms with E-state index in [1.54, 1.807) is 24.3 Å². The molecule has 0 N–H and O–H groups in total. The summed E-state index contributed by atoms with van der Waals surface area (Å²) in [6.07, 6.45) is 0. The van der Waals surface area contributed by atoms with Crippen molar-refractivity contribution in [2.45, 2.75) is 4.83 Å². The number of methoxy groups -OCH3 is 1. The van der Waals surface area contributed by atoms with Gasteiger partial charge in [-0.1, -0.05) is 61.1 Å². The molecular weight excluding hydrogens is 434 g/mol. The summed E-state index contributed by atoms with van der Waals surface area (Å²) in [5.41, 5.74) is 1.16. The van der Waals surface area contributed by atoms with Crippen molar-refractivity contribution in [3.05, 3.63) is 61.8 Å². The minimum Gasteiger partial charge on any atom is -0.495 e. The first kappa shape index (κ1) is 16.1. The molecule has 1 nitrogen and oxygen atoms in total. The Morgan fingerprint density at radius 1 is 1.10 bits per heavy atom. The second-order valence-electron chi connectivity index (χ2n) is 4.04. The third-order valence-corrected chi connectivity index (χ3v) is 4.88. The summed E-state index contributed by atoms with van der Waals surface area (Å²) < 4.78 is 19.8. The van der Waals surface area contributed by atoms with Crippen molar-refractivity contribution in [1.82, 2.24) is 0 Å². The molecule has 0 bridgehead atoms. The predicted molar refractivity (Wildman–Crippen MR) is 87.9 cm³/mol. The molecule has 0 aromatic heterocycles. The van der Waals surface area contributed by atoms with Crippen molar-refractivity contribution in [3.63, 3.8) is 0 Å². The summed E-state index contributed by atoms with van der Waals surface area (Å²) >= 11 is 19.0. The molecule has 1 atom stereocenters. The molecule has 106 valence electrons. The zero-order valence-electron chi connectivity index (χ0n) is 10.3. The van der Waals surface area contributed by atoms with Gasteiger partial charge in [0.15, 0.2) is 0 Å². The first-order valence-corrected chi connectivity index (χ1v) is 8.02. The molecule has 0 heterocycles. The van der Waals surface area contributed by atoms with E-state index in [1.807, 2.05) is 0 Å². The van der Waals surface area contributed by atoms with E-state index in [0.29, 0.717) is 31.4 Å². The number of benzene rings is 2. The molecule has 0 saturated heterocycles. The smallest absolute Gasteiger partial charge is 0.138 e. The Kier molecular flexibility index (Phi) is 5.35. The van der Waals surface area contributed by atoms with Crippen LogP contribution in [0.25, 0.3) is 0 Å². The summed E-state index contributed by atoms with van der Waals surface area (Å²) in [6, 6.07) is 8.15. The fourth-order valence-corrected chi connectivity index (χ4v) is 3.50. The topological polar surface area (TPSA) is 9.23 Å². The maximum absolute atomic E-state index is 14.0. The number of rotatable bonds is 3. The maximum Gasteiger partial charge on any atom is 0.138 e. The molecule has 0 spiro atoms. The average molecular weight is 443 g/mol. The summed E-state index contributed by atoms with van der Waals surface area (Å²) in [6.45, 7) is 0. The molecular formula is C14H9Br2Cl2FO. The molecule has 2 aromatic rings. The van der Waals surface area contributed by atoms with E-state index >= 15 is 0 Å². The van der Waals surface area contributed by atoms with E-state index in [0.717, 1.165) is 0 Å². The van der Waals surface area contributed by atoms with Crippen molar-refractivity contribution in [2.75, 3.05) is 7.11 Å². The van der Waals surface area contributed by atoms with Gasteiger partial charge in [0, 0.05) is 21.1 Å². The van der Waals surface area contributed by atoms with Crippen molar-refractivity contribution in [2.24, 2.45) is 0 Å². The van der Waals surface area contributed by atoms with E-state index in [4.69, 9.17) is 27.9 Å². The second-order valence-corrected chi connectivity index (χ2v) is 6.68. The normalized spacial score (nSPS) is 12.3. The number of ether oxygens (including phenoxy) is 1. The van der Waals surface area contributed by atoms with E-state index < -0.39 is 4.83 Å². The molecule has 0 aliphatic carbocycles. The summed E-state index contributed by atoms with van der Waals surface area (Å²) in [5.74, 6) is 0.153. The highest BCUT2D eigenvalue weighted by molar-refractivity contribution is 9.10. The molecule has 0 saturated carbocycles. The van der Waals surface area contributed by atoms with Crippen LogP contribution in [-0.4, -0.2) is 7.11 Å². The minimum atomic E-state index is -0.397. The Morgan fingerprint density at radius 3 is 2.40 bits per heavy atom. The van der Waals surface area contributed by atoms with Gasteiger partial charge < -0.3 is 4.74 Å². The van der Waals surface area contributed by atoms with Crippen molar-refractivity contribution in [1.29, 1.82) is 0 Å². The third-order valence-electron chi connectivity index (χ3n) is 2.78. The van der Waals surface area contributed by atoms with Crippen LogP contribution >= 0.6 is 55.1 Å². The van der Waals surface area contributed by atoms with Gasteiger partial charge in [-0.3, -0.25) is 0 Å². The zero-order valence-corrected chi connectivity index (χ0v) is 14.9. The zero-order chi connectivity index (χ0) is 14.9. The van der Waals surface area contributed by atoms with E-state index in [1.165, 1.54) is 13.2 Å². The van der Waals surface area contributed by atoms with Gasteiger partial charge in [0.25, 0.3) is 0 Å². The standard InChI is InChI=1S/C14H9Br2Cl2FO/c1-20-13-6-10(17)9(5-11(13)18)14(16)8-3-2-7(15)4-12(8)19/h2-6,14H,1H3. The molecule has 0 amide bonds. The van der Waals surface area contributed by atoms with E-state index in [2.05, 4.69) is 31.9 Å².